The Labute approximate surface area is 88.3 Å². The zero-order chi connectivity index (χ0) is 10.7. The number of H-pyrrole nitrogens is 1. The lowest BCUT2D eigenvalue weighted by atomic mass is 10.2. The third-order valence-corrected chi connectivity index (χ3v) is 2.89. The van der Waals surface area contributed by atoms with Crippen LogP contribution in [0.15, 0.2) is 17.1 Å². The van der Waals surface area contributed by atoms with Gasteiger partial charge in [-0.1, -0.05) is 12.8 Å². The van der Waals surface area contributed by atoms with Crippen molar-refractivity contribution in [2.75, 3.05) is 0 Å². The van der Waals surface area contributed by atoms with Gasteiger partial charge in [-0.15, -0.1) is 0 Å². The van der Waals surface area contributed by atoms with Gasteiger partial charge in [0.15, 0.2) is 5.75 Å². The first-order valence-electron chi connectivity index (χ1n) is 5.39. The Morgan fingerprint density at radius 3 is 2.87 bits per heavy atom. The molecule has 0 unspecified atom stereocenters. The molecule has 0 bridgehead atoms. The number of pyridine rings is 1. The van der Waals surface area contributed by atoms with E-state index in [1.54, 1.807) is 0 Å². The number of aromatic nitrogens is 1. The Kier molecular flexibility index (Phi) is 3.06. The second kappa shape index (κ2) is 4.49. The summed E-state index contributed by atoms with van der Waals surface area (Å²) in [5.74, 6) is -0.223. The van der Waals surface area contributed by atoms with Crippen LogP contribution in [0.3, 0.4) is 0 Å². The molecule has 1 aliphatic carbocycles. The van der Waals surface area contributed by atoms with Gasteiger partial charge in [-0.25, -0.2) is 0 Å². The van der Waals surface area contributed by atoms with Gasteiger partial charge in [0.1, 0.15) is 0 Å². The molecule has 1 aliphatic rings. The van der Waals surface area contributed by atoms with Crippen LogP contribution in [-0.2, 0) is 6.54 Å². The van der Waals surface area contributed by atoms with E-state index in [1.807, 2.05) is 0 Å². The van der Waals surface area contributed by atoms with Crippen LogP contribution in [-0.4, -0.2) is 16.1 Å². The minimum Gasteiger partial charge on any atom is -0.503 e. The van der Waals surface area contributed by atoms with Crippen molar-refractivity contribution in [3.05, 3.63) is 28.2 Å². The molecule has 1 aromatic rings. The fourth-order valence-electron chi connectivity index (χ4n) is 1.99. The number of aromatic hydroxyl groups is 1. The van der Waals surface area contributed by atoms with E-state index in [9.17, 15) is 4.79 Å². The molecule has 0 atom stereocenters. The molecule has 1 saturated carbocycles. The molecule has 15 heavy (non-hydrogen) atoms. The van der Waals surface area contributed by atoms with Crippen LogP contribution in [0.4, 0.5) is 0 Å². The van der Waals surface area contributed by atoms with Crippen LogP contribution in [0.2, 0.25) is 0 Å². The molecule has 1 heterocycles. The Balaban J connectivity index is 1.93. The lowest BCUT2D eigenvalue weighted by Crippen LogP contribution is -2.26. The summed E-state index contributed by atoms with van der Waals surface area (Å²) in [5.41, 5.74) is 0.502. The van der Waals surface area contributed by atoms with Crippen molar-refractivity contribution in [2.45, 2.75) is 38.3 Å². The van der Waals surface area contributed by atoms with Gasteiger partial charge in [0, 0.05) is 30.5 Å². The molecule has 4 nitrogen and oxygen atoms in total. The van der Waals surface area contributed by atoms with E-state index in [0.717, 1.165) is 5.69 Å². The minimum absolute atomic E-state index is 0.223. The molecule has 2 rings (SSSR count). The Hall–Kier alpha value is -1.29. The zero-order valence-corrected chi connectivity index (χ0v) is 8.62. The van der Waals surface area contributed by atoms with Gasteiger partial charge in [-0.05, 0) is 12.8 Å². The first-order valence-corrected chi connectivity index (χ1v) is 5.39. The van der Waals surface area contributed by atoms with E-state index in [1.165, 1.54) is 37.9 Å². The van der Waals surface area contributed by atoms with E-state index in [2.05, 4.69) is 10.3 Å². The molecule has 0 saturated heterocycles. The molecule has 4 heteroatoms. The highest BCUT2D eigenvalue weighted by Gasteiger charge is 2.13. The fourth-order valence-corrected chi connectivity index (χ4v) is 1.99. The van der Waals surface area contributed by atoms with E-state index >= 15 is 0 Å². The number of nitrogens with one attached hydrogen (secondary N) is 2. The average Bonchev–Trinajstić information content (AvgIpc) is 2.73. The third kappa shape index (κ3) is 2.59. The van der Waals surface area contributed by atoms with Crippen molar-refractivity contribution >= 4 is 0 Å². The highest BCUT2D eigenvalue weighted by Crippen LogP contribution is 2.17. The summed E-state index contributed by atoms with van der Waals surface area (Å²) in [6.07, 6.45) is 6.38. The van der Waals surface area contributed by atoms with Gasteiger partial charge >= 0.3 is 0 Å². The summed E-state index contributed by atoms with van der Waals surface area (Å²) in [5, 5.41) is 12.5. The van der Waals surface area contributed by atoms with Gasteiger partial charge in [-0.2, -0.15) is 0 Å². The van der Waals surface area contributed by atoms with Gasteiger partial charge in [-0.3, -0.25) is 4.79 Å². The minimum atomic E-state index is -0.322. The first-order chi connectivity index (χ1) is 7.25. The normalized spacial score (nSPS) is 17.1. The number of aromatic amines is 1. The monoisotopic (exact) mass is 208 g/mol. The van der Waals surface area contributed by atoms with Crippen molar-refractivity contribution in [2.24, 2.45) is 0 Å². The summed E-state index contributed by atoms with van der Waals surface area (Å²) in [4.78, 5) is 14.0. The van der Waals surface area contributed by atoms with Crippen LogP contribution in [0, 0.1) is 0 Å². The Morgan fingerprint density at radius 1 is 1.47 bits per heavy atom. The van der Waals surface area contributed by atoms with Gasteiger partial charge < -0.3 is 15.4 Å². The highest BCUT2D eigenvalue weighted by molar-refractivity contribution is 5.18. The lowest BCUT2D eigenvalue weighted by molar-refractivity contribution is 0.465. The van der Waals surface area contributed by atoms with Crippen molar-refractivity contribution in [3.8, 4) is 5.75 Å². The van der Waals surface area contributed by atoms with Crippen LogP contribution in [0.25, 0.3) is 0 Å². The third-order valence-electron chi connectivity index (χ3n) is 2.89. The number of rotatable bonds is 3. The van der Waals surface area contributed by atoms with Crippen LogP contribution >= 0.6 is 0 Å². The van der Waals surface area contributed by atoms with E-state index in [0.29, 0.717) is 12.6 Å². The molecule has 0 amide bonds. The zero-order valence-electron chi connectivity index (χ0n) is 8.62. The summed E-state index contributed by atoms with van der Waals surface area (Å²) in [7, 11) is 0. The van der Waals surface area contributed by atoms with Crippen molar-refractivity contribution < 1.29 is 5.11 Å². The molecule has 0 radical (unpaired) electrons. The largest absolute Gasteiger partial charge is 0.503 e. The SMILES string of the molecule is O=c1cc(CNC2CCCC2)[nH]cc1O. The van der Waals surface area contributed by atoms with Crippen molar-refractivity contribution in [1.82, 2.24) is 10.3 Å². The maximum absolute atomic E-state index is 11.1. The average molecular weight is 208 g/mol. The quantitative estimate of drug-likeness (QED) is 0.697. The highest BCUT2D eigenvalue weighted by atomic mass is 16.3. The number of hydrogen-bond acceptors (Lipinski definition) is 3. The predicted octanol–water partition coefficient (Wildman–Crippen LogP) is 1.11. The molecule has 0 aromatic carbocycles. The Morgan fingerprint density at radius 2 is 2.20 bits per heavy atom. The van der Waals surface area contributed by atoms with Gasteiger partial charge in [0.25, 0.3) is 0 Å². The summed E-state index contributed by atoms with van der Waals surface area (Å²) < 4.78 is 0. The maximum atomic E-state index is 11.1. The standard InChI is InChI=1S/C11H16N2O2/c14-10-5-9(13-7-11(10)15)6-12-8-3-1-2-4-8/h5,7-8,12,15H,1-4,6H2,(H,13,14). The molecule has 3 N–H and O–H groups in total. The molecular formula is C11H16N2O2. The maximum Gasteiger partial charge on any atom is 0.223 e. The summed E-state index contributed by atoms with van der Waals surface area (Å²) in [6.45, 7) is 0.667. The molecule has 0 spiro atoms. The molecule has 1 aromatic heterocycles. The second-order valence-corrected chi connectivity index (χ2v) is 4.07. The van der Waals surface area contributed by atoms with Crippen LogP contribution < -0.4 is 10.7 Å². The Bertz CT molecular complexity index is 380. The lowest BCUT2D eigenvalue weighted by Gasteiger charge is -2.11. The first kappa shape index (κ1) is 10.2. The topological polar surface area (TPSA) is 65.1 Å². The molecule has 82 valence electrons. The van der Waals surface area contributed by atoms with E-state index in [4.69, 9.17) is 5.11 Å². The van der Waals surface area contributed by atoms with Gasteiger partial charge in [0.2, 0.25) is 5.43 Å². The molecule has 0 aliphatic heterocycles. The van der Waals surface area contributed by atoms with Crippen LogP contribution in [0.5, 0.6) is 5.75 Å². The number of hydrogen-bond donors (Lipinski definition) is 3. The van der Waals surface area contributed by atoms with Crippen molar-refractivity contribution in [1.29, 1.82) is 0 Å². The summed E-state index contributed by atoms with van der Waals surface area (Å²) >= 11 is 0. The van der Waals surface area contributed by atoms with Crippen LogP contribution in [0.1, 0.15) is 31.4 Å². The van der Waals surface area contributed by atoms with Crippen molar-refractivity contribution in [3.63, 3.8) is 0 Å². The second-order valence-electron chi connectivity index (χ2n) is 4.07. The fraction of sp³-hybridized carbons (Fsp3) is 0.545. The van der Waals surface area contributed by atoms with E-state index < -0.39 is 0 Å². The molecular weight excluding hydrogens is 192 g/mol. The van der Waals surface area contributed by atoms with E-state index in [-0.39, 0.29) is 11.2 Å². The predicted molar refractivity (Wildman–Crippen MR) is 57.8 cm³/mol. The molecule has 1 fully saturated rings. The van der Waals surface area contributed by atoms with Gasteiger partial charge in [0.05, 0.1) is 0 Å². The summed E-state index contributed by atoms with van der Waals surface area (Å²) in [6, 6.07) is 2.03. The smallest absolute Gasteiger partial charge is 0.223 e.